The van der Waals surface area contributed by atoms with Crippen molar-refractivity contribution in [2.45, 2.75) is 37.8 Å². The Kier molecular flexibility index (Phi) is 5.06. The van der Waals surface area contributed by atoms with Gasteiger partial charge in [0.05, 0.1) is 11.6 Å². The van der Waals surface area contributed by atoms with Gasteiger partial charge in [-0.15, -0.1) is 0 Å². The summed E-state index contributed by atoms with van der Waals surface area (Å²) in [7, 11) is 3.09. The van der Waals surface area contributed by atoms with Gasteiger partial charge in [-0.05, 0) is 56.5 Å². The highest BCUT2D eigenvalue weighted by Gasteiger charge is 2.64. The maximum absolute atomic E-state index is 13.7. The van der Waals surface area contributed by atoms with Crippen molar-refractivity contribution < 1.29 is 39.9 Å². The molecule has 0 radical (unpaired) electrons. The zero-order chi connectivity index (χ0) is 24.6. The normalized spacial score (nSPS) is 29.2. The topological polar surface area (TPSA) is 182 Å². The number of carbonyl (C=O) groups is 3. The van der Waals surface area contributed by atoms with E-state index in [4.69, 9.17) is 5.73 Å². The number of phenols is 2. The lowest BCUT2D eigenvalue weighted by atomic mass is 9.57. The van der Waals surface area contributed by atoms with Crippen LogP contribution < -0.4 is 5.73 Å². The molecule has 0 spiro atoms. The van der Waals surface area contributed by atoms with Crippen molar-refractivity contribution in [3.05, 3.63) is 39.7 Å². The summed E-state index contributed by atoms with van der Waals surface area (Å²) in [5.41, 5.74) is 2.62. The first-order valence-electron chi connectivity index (χ1n) is 10.6. The van der Waals surface area contributed by atoms with E-state index in [0.29, 0.717) is 17.5 Å². The van der Waals surface area contributed by atoms with Gasteiger partial charge in [0.15, 0.2) is 22.9 Å². The molecule has 3 aliphatic rings. The van der Waals surface area contributed by atoms with E-state index in [1.54, 1.807) is 14.1 Å². The Balaban J connectivity index is 2.00. The number of hydrogen-bond acceptors (Lipinski definition) is 9. The van der Waals surface area contributed by atoms with Gasteiger partial charge >= 0.3 is 0 Å². The number of aryl methyl sites for hydroxylation is 1. The van der Waals surface area contributed by atoms with E-state index < -0.39 is 69.5 Å². The van der Waals surface area contributed by atoms with E-state index in [0.717, 1.165) is 0 Å². The van der Waals surface area contributed by atoms with Gasteiger partial charge < -0.3 is 31.3 Å². The van der Waals surface area contributed by atoms with Gasteiger partial charge in [-0.25, -0.2) is 0 Å². The SMILES string of the molecule is CCc1cc(O)c(O)c2c1C[C@H]1C[C@@H]3[C@H](N(C)C)C(=O)C(C(N)=O)=C(O)[C@]3(O)C(=O)C1=C2O. The molecular weight excluding hydrogens is 432 g/mol. The van der Waals surface area contributed by atoms with Gasteiger partial charge in [0.1, 0.15) is 17.1 Å². The highest BCUT2D eigenvalue weighted by molar-refractivity contribution is 6.24. The average molecular weight is 458 g/mol. The number of ketones is 2. The number of likely N-dealkylation sites (N-methyl/N-ethyl adjacent to an activating group) is 1. The molecule has 1 amide bonds. The summed E-state index contributed by atoms with van der Waals surface area (Å²) in [5.74, 6) is -7.73. The van der Waals surface area contributed by atoms with Gasteiger partial charge in [0, 0.05) is 11.5 Å². The van der Waals surface area contributed by atoms with Crippen LogP contribution in [-0.2, 0) is 27.2 Å². The van der Waals surface area contributed by atoms with E-state index in [-0.39, 0.29) is 24.0 Å². The number of aliphatic hydroxyl groups is 3. The molecule has 1 saturated carbocycles. The van der Waals surface area contributed by atoms with E-state index in [1.807, 2.05) is 6.92 Å². The number of benzene rings is 1. The Morgan fingerprint density at radius 2 is 1.85 bits per heavy atom. The quantitative estimate of drug-likeness (QED) is 0.273. The van der Waals surface area contributed by atoms with E-state index in [2.05, 4.69) is 0 Å². The Morgan fingerprint density at radius 1 is 1.21 bits per heavy atom. The number of hydrogen-bond donors (Lipinski definition) is 6. The molecule has 1 fully saturated rings. The number of rotatable bonds is 3. The second-order valence-electron chi connectivity index (χ2n) is 9.07. The minimum absolute atomic E-state index is 0.0244. The third-order valence-corrected chi connectivity index (χ3v) is 7.17. The molecule has 3 aliphatic carbocycles. The van der Waals surface area contributed by atoms with Crippen molar-refractivity contribution in [1.29, 1.82) is 0 Å². The summed E-state index contributed by atoms with van der Waals surface area (Å²) in [6.07, 6.45) is 0.708. The standard InChI is InChI=1S/C23H26N2O8/c1-4-8-7-12(26)17(27)14-10(8)5-9-6-11-16(25(2)3)19(29)15(22(24)32)21(31)23(11,33)20(30)13(9)18(14)28/h7,9,11,16,26-28,31,33H,4-6H2,1-3H3,(H2,24,32)/t9-,11+,16-,23+/m0/s1. The van der Waals surface area contributed by atoms with Crippen molar-refractivity contribution >= 4 is 23.2 Å². The largest absolute Gasteiger partial charge is 0.508 e. The Bertz CT molecular complexity index is 1180. The number of phenolic OH excluding ortho intramolecular Hbond substituents is 2. The molecule has 10 nitrogen and oxygen atoms in total. The van der Waals surface area contributed by atoms with Crippen molar-refractivity contribution in [2.75, 3.05) is 14.1 Å². The minimum Gasteiger partial charge on any atom is -0.508 e. The molecule has 0 saturated heterocycles. The molecule has 0 heterocycles. The fraction of sp³-hybridized carbons (Fsp3) is 0.435. The second kappa shape index (κ2) is 7.32. The third kappa shape index (κ3) is 2.83. The molecule has 4 rings (SSSR count). The maximum atomic E-state index is 13.7. The van der Waals surface area contributed by atoms with Crippen LogP contribution in [0.15, 0.2) is 23.0 Å². The molecule has 0 aromatic heterocycles. The molecule has 4 atom stereocenters. The lowest BCUT2D eigenvalue weighted by Crippen LogP contribution is -2.65. The number of primary amides is 1. The van der Waals surface area contributed by atoms with Gasteiger partial charge in [0.25, 0.3) is 5.91 Å². The number of amides is 1. The number of aromatic hydroxyl groups is 2. The number of aliphatic hydroxyl groups excluding tert-OH is 2. The van der Waals surface area contributed by atoms with Crippen LogP contribution in [0.2, 0.25) is 0 Å². The van der Waals surface area contributed by atoms with Crippen LogP contribution in [0.3, 0.4) is 0 Å². The van der Waals surface area contributed by atoms with Crippen LogP contribution >= 0.6 is 0 Å². The summed E-state index contributed by atoms with van der Waals surface area (Å²) >= 11 is 0. The average Bonchev–Trinajstić information content (AvgIpc) is 2.72. The summed E-state index contributed by atoms with van der Waals surface area (Å²) in [4.78, 5) is 40.1. The number of fused-ring (bicyclic) bond motifs is 3. The molecule has 0 aliphatic heterocycles. The first kappa shape index (κ1) is 22.8. The van der Waals surface area contributed by atoms with Crippen molar-refractivity contribution in [3.8, 4) is 11.5 Å². The van der Waals surface area contributed by atoms with Gasteiger partial charge in [-0.1, -0.05) is 6.92 Å². The fourth-order valence-corrected chi connectivity index (χ4v) is 5.69. The lowest BCUT2D eigenvalue weighted by Gasteiger charge is -2.50. The van der Waals surface area contributed by atoms with Crippen LogP contribution in [0.4, 0.5) is 0 Å². The number of carbonyl (C=O) groups excluding carboxylic acids is 3. The zero-order valence-corrected chi connectivity index (χ0v) is 18.4. The first-order chi connectivity index (χ1) is 15.4. The predicted molar refractivity (Wildman–Crippen MR) is 115 cm³/mol. The summed E-state index contributed by atoms with van der Waals surface area (Å²) in [5, 5.41) is 53.9. The van der Waals surface area contributed by atoms with Crippen molar-refractivity contribution in [3.63, 3.8) is 0 Å². The van der Waals surface area contributed by atoms with Crippen LogP contribution in [0.25, 0.3) is 5.76 Å². The van der Waals surface area contributed by atoms with Gasteiger partial charge in [0.2, 0.25) is 5.78 Å². The lowest BCUT2D eigenvalue weighted by molar-refractivity contribution is -0.153. The number of Topliss-reactive ketones (excluding diaryl/α,β-unsaturated/α-hetero) is 2. The Hall–Kier alpha value is -3.37. The van der Waals surface area contributed by atoms with Crippen molar-refractivity contribution in [2.24, 2.45) is 17.6 Å². The zero-order valence-electron chi connectivity index (χ0n) is 18.4. The molecule has 0 bridgehead atoms. The monoisotopic (exact) mass is 458 g/mol. The summed E-state index contributed by atoms with van der Waals surface area (Å²) < 4.78 is 0. The smallest absolute Gasteiger partial charge is 0.255 e. The summed E-state index contributed by atoms with van der Waals surface area (Å²) in [6.45, 7) is 1.84. The molecule has 7 N–H and O–H groups in total. The Morgan fingerprint density at radius 3 is 2.39 bits per heavy atom. The van der Waals surface area contributed by atoms with Crippen LogP contribution in [-0.4, -0.2) is 73.6 Å². The fourth-order valence-electron chi connectivity index (χ4n) is 5.69. The molecule has 33 heavy (non-hydrogen) atoms. The van der Waals surface area contributed by atoms with E-state index in [9.17, 15) is 39.9 Å². The van der Waals surface area contributed by atoms with Gasteiger partial charge in [-0.2, -0.15) is 0 Å². The van der Waals surface area contributed by atoms with E-state index in [1.165, 1.54) is 11.0 Å². The molecular formula is C23H26N2O8. The summed E-state index contributed by atoms with van der Waals surface area (Å²) in [6, 6.07) is 0.273. The number of nitrogens with zero attached hydrogens (tertiary/aromatic N) is 1. The van der Waals surface area contributed by atoms with Crippen LogP contribution in [0, 0.1) is 11.8 Å². The van der Waals surface area contributed by atoms with Gasteiger partial charge in [-0.3, -0.25) is 19.3 Å². The second-order valence-corrected chi connectivity index (χ2v) is 9.07. The predicted octanol–water partition coefficient (Wildman–Crippen LogP) is 0.232. The van der Waals surface area contributed by atoms with Crippen LogP contribution in [0.5, 0.6) is 11.5 Å². The van der Waals surface area contributed by atoms with E-state index >= 15 is 0 Å². The molecule has 10 heteroatoms. The highest BCUT2D eigenvalue weighted by atomic mass is 16.3. The molecule has 1 aromatic rings. The maximum Gasteiger partial charge on any atom is 0.255 e. The minimum atomic E-state index is -2.68. The van der Waals surface area contributed by atoms with Crippen molar-refractivity contribution in [1.82, 2.24) is 4.90 Å². The molecule has 1 aromatic carbocycles. The van der Waals surface area contributed by atoms with Crippen LogP contribution in [0.1, 0.15) is 30.0 Å². The Labute approximate surface area is 189 Å². The highest BCUT2D eigenvalue weighted by Crippen LogP contribution is 2.53. The molecule has 176 valence electrons. The first-order valence-corrected chi connectivity index (χ1v) is 10.6. The number of nitrogens with two attached hydrogens (primary N) is 1. The molecule has 0 unspecified atom stereocenters. The third-order valence-electron chi connectivity index (χ3n) is 7.17.